The third-order valence-corrected chi connectivity index (χ3v) is 9.30. The van der Waals surface area contributed by atoms with Crippen molar-refractivity contribution in [2.45, 2.75) is 30.9 Å². The molecule has 2 aromatic heterocycles. The Morgan fingerprint density at radius 3 is 2.53 bits per heavy atom. The van der Waals surface area contributed by atoms with E-state index in [1.54, 1.807) is 0 Å². The highest BCUT2D eigenvalue weighted by Gasteiger charge is 2.54. The number of benzene rings is 1. The van der Waals surface area contributed by atoms with E-state index in [-0.39, 0.29) is 45.5 Å². The summed E-state index contributed by atoms with van der Waals surface area (Å²) in [5.74, 6) is -6.01. The molecule has 1 fully saturated rings. The van der Waals surface area contributed by atoms with E-state index in [1.807, 2.05) is 0 Å². The number of hydrogen-bond donors (Lipinski definition) is 7. The number of nitrogens with one attached hydrogen (secondary N) is 2. The molecule has 0 aliphatic carbocycles. The number of oxime groups is 1. The maximum Gasteiger partial charge on any atom is 0.512 e. The summed E-state index contributed by atoms with van der Waals surface area (Å²) in [5.41, 5.74) is 3.02. The molecule has 0 spiro atoms. The Morgan fingerprint density at radius 1 is 1.14 bits per heavy atom. The minimum Gasteiger partial charge on any atom is -0.504 e. The van der Waals surface area contributed by atoms with Crippen molar-refractivity contribution in [3.63, 3.8) is 0 Å². The number of anilines is 1. The Morgan fingerprint density at radius 2 is 1.88 bits per heavy atom. The predicted molar refractivity (Wildman–Crippen MR) is 177 cm³/mol. The van der Waals surface area contributed by atoms with Crippen LogP contribution >= 0.6 is 23.1 Å². The van der Waals surface area contributed by atoms with Gasteiger partial charge in [-0.05, 0) is 44.2 Å². The van der Waals surface area contributed by atoms with Crippen LogP contribution in [0.15, 0.2) is 58.5 Å². The van der Waals surface area contributed by atoms with Crippen LogP contribution in [0.5, 0.6) is 11.5 Å². The first kappa shape index (κ1) is 36.1. The van der Waals surface area contributed by atoms with E-state index in [4.69, 9.17) is 15.3 Å². The van der Waals surface area contributed by atoms with Crippen LogP contribution in [-0.2, 0) is 24.0 Å². The second-order valence-electron chi connectivity index (χ2n) is 11.2. The van der Waals surface area contributed by atoms with Crippen LogP contribution in [0.4, 0.5) is 9.93 Å². The molecule has 1 saturated heterocycles. The van der Waals surface area contributed by atoms with Gasteiger partial charge in [-0.2, -0.15) is 0 Å². The monoisotopic (exact) mass is 741 g/mol. The number of pyridine rings is 1. The summed E-state index contributed by atoms with van der Waals surface area (Å²) in [4.78, 5) is 90.2. The van der Waals surface area contributed by atoms with Crippen molar-refractivity contribution >= 4 is 69.6 Å². The number of aromatic nitrogens is 2. The van der Waals surface area contributed by atoms with E-state index < -0.39 is 75.7 Å². The number of thioether (sulfide) groups is 1. The molecule has 51 heavy (non-hydrogen) atoms. The Hall–Kier alpha value is -6.22. The van der Waals surface area contributed by atoms with Gasteiger partial charge in [0.25, 0.3) is 17.7 Å². The molecule has 3 aromatic rings. The number of aromatic hydroxyl groups is 2. The number of amides is 3. The minimum atomic E-state index is -1.83. The Kier molecular flexibility index (Phi) is 10.1. The van der Waals surface area contributed by atoms with Gasteiger partial charge < -0.3 is 46.4 Å². The van der Waals surface area contributed by atoms with E-state index in [2.05, 4.69) is 25.8 Å². The number of carbonyl (C=O) groups excluding carboxylic acids is 4. The second kappa shape index (κ2) is 14.3. The van der Waals surface area contributed by atoms with Crippen molar-refractivity contribution in [3.05, 3.63) is 75.9 Å². The molecule has 5 rings (SSSR count). The average molecular weight is 742 g/mol. The third kappa shape index (κ3) is 7.52. The molecule has 266 valence electrons. The maximum absolute atomic E-state index is 13.3. The molecular formula is C30H27N7O12S2. The van der Waals surface area contributed by atoms with Gasteiger partial charge in [0.1, 0.15) is 22.8 Å². The van der Waals surface area contributed by atoms with Crippen molar-refractivity contribution < 1.29 is 58.8 Å². The van der Waals surface area contributed by atoms with Gasteiger partial charge in [-0.25, -0.2) is 14.6 Å². The Balaban J connectivity index is 1.33. The van der Waals surface area contributed by atoms with Crippen molar-refractivity contribution in [2.24, 2.45) is 5.16 Å². The number of rotatable bonds is 12. The summed E-state index contributed by atoms with van der Waals surface area (Å²) in [7, 11) is 0. The van der Waals surface area contributed by atoms with Crippen LogP contribution in [-0.4, -0.2) is 106 Å². The van der Waals surface area contributed by atoms with Gasteiger partial charge in [-0.1, -0.05) is 5.16 Å². The summed E-state index contributed by atoms with van der Waals surface area (Å²) >= 11 is 2.08. The number of nitrogens with zero attached hydrogens (tertiary/aromatic N) is 4. The van der Waals surface area contributed by atoms with E-state index in [1.165, 1.54) is 43.6 Å². The summed E-state index contributed by atoms with van der Waals surface area (Å²) in [6.45, 7) is 2.07. The number of thiazole rings is 1. The summed E-state index contributed by atoms with van der Waals surface area (Å²) in [6, 6.07) is 4.86. The molecule has 2 aliphatic rings. The first-order valence-electron chi connectivity index (χ1n) is 14.5. The fourth-order valence-corrected chi connectivity index (χ4v) is 6.47. The van der Waals surface area contributed by atoms with Gasteiger partial charge in [0, 0.05) is 35.0 Å². The molecule has 0 radical (unpaired) electrons. The SMILES string of the molecule is CC(C)(O/N=C(\C(=O)NC1C(=O)N2C(OC(=O)O)=C(CNC(=O)c3cccnc3C(=O)c3ccc(O)c(O)c3)CS[C@@H]12)c1csc(N)n1)C(=O)O. The third-order valence-electron chi connectivity index (χ3n) is 7.29. The number of β-lactam (4-membered cyclic amide) rings is 1. The number of nitrogens with two attached hydrogens (primary N) is 1. The number of fused-ring (bicyclic) bond motifs is 1. The number of aliphatic carboxylic acids is 1. The Labute approximate surface area is 294 Å². The zero-order valence-electron chi connectivity index (χ0n) is 26.3. The number of ketones is 1. The van der Waals surface area contributed by atoms with Crippen LogP contribution in [0.3, 0.4) is 0 Å². The summed E-state index contributed by atoms with van der Waals surface area (Å²) < 4.78 is 4.95. The topological polar surface area (TPSA) is 293 Å². The van der Waals surface area contributed by atoms with E-state index in [9.17, 15) is 49.2 Å². The van der Waals surface area contributed by atoms with Crippen molar-refractivity contribution in [3.8, 4) is 11.5 Å². The van der Waals surface area contributed by atoms with Crippen LogP contribution in [0.25, 0.3) is 0 Å². The second-order valence-corrected chi connectivity index (χ2v) is 13.2. The summed E-state index contributed by atoms with van der Waals surface area (Å²) in [6.07, 6.45) is -0.482. The number of ether oxygens (including phenoxy) is 1. The standard InChI is InChI=1S/C30H27N7O12S2/c1-30(2,27(44)45)49-36-19(15-11-51-28(31)34-15)23(42)35-20-24(43)37-25(48-29(46)47)13(10-50-26(20)37)9-33-22(41)14-4-3-7-32-18(14)21(40)12-5-6-16(38)17(39)8-12/h3-8,11,20,26,38-39H,9-10H2,1-2H3,(H2,31,34)(H,33,41)(H,35,42)(H,44,45)(H,46,47)/b36-19-/t20?,26-/m0/s1. The molecule has 0 bridgehead atoms. The van der Waals surface area contributed by atoms with Crippen LogP contribution in [0.1, 0.15) is 46.0 Å². The predicted octanol–water partition coefficient (Wildman–Crippen LogP) is 1.08. The highest BCUT2D eigenvalue weighted by molar-refractivity contribution is 8.00. The Bertz CT molecular complexity index is 2030. The van der Waals surface area contributed by atoms with Gasteiger partial charge in [-0.3, -0.25) is 29.1 Å². The van der Waals surface area contributed by atoms with Crippen molar-refractivity contribution in [2.75, 3.05) is 18.0 Å². The van der Waals surface area contributed by atoms with Crippen LogP contribution in [0, 0.1) is 0 Å². The normalized spacial score (nSPS) is 17.2. The number of hydrogen-bond acceptors (Lipinski definition) is 16. The highest BCUT2D eigenvalue weighted by Crippen LogP contribution is 2.40. The molecule has 2 aliphatic heterocycles. The van der Waals surface area contributed by atoms with Crippen LogP contribution in [0.2, 0.25) is 0 Å². The molecule has 4 heterocycles. The number of nitrogen functional groups attached to an aromatic ring is 1. The zero-order chi connectivity index (χ0) is 37.2. The van der Waals surface area contributed by atoms with Gasteiger partial charge >= 0.3 is 12.1 Å². The molecule has 1 aromatic carbocycles. The van der Waals surface area contributed by atoms with E-state index in [0.717, 1.165) is 40.1 Å². The number of phenolic OH excluding ortho intramolecular Hbond substituents is 2. The van der Waals surface area contributed by atoms with E-state index >= 15 is 0 Å². The largest absolute Gasteiger partial charge is 0.512 e. The highest BCUT2D eigenvalue weighted by atomic mass is 32.2. The fourth-order valence-electron chi connectivity index (χ4n) is 4.59. The lowest BCUT2D eigenvalue weighted by atomic mass is 10.0. The van der Waals surface area contributed by atoms with E-state index in [0.29, 0.717) is 0 Å². The van der Waals surface area contributed by atoms with Crippen molar-refractivity contribution in [1.82, 2.24) is 25.5 Å². The lowest BCUT2D eigenvalue weighted by Crippen LogP contribution is -2.70. The van der Waals surface area contributed by atoms with Crippen LogP contribution < -0.4 is 16.4 Å². The molecular weight excluding hydrogens is 715 g/mol. The quantitative estimate of drug-likeness (QED) is 0.0341. The number of carbonyl (C=O) groups is 6. The number of carboxylic acids is 1. The molecule has 2 atom stereocenters. The first-order chi connectivity index (χ1) is 24.1. The summed E-state index contributed by atoms with van der Waals surface area (Å²) in [5, 5.41) is 47.5. The van der Waals surface area contributed by atoms with Gasteiger partial charge in [-0.15, -0.1) is 23.1 Å². The number of phenols is 2. The molecule has 19 nitrogen and oxygen atoms in total. The van der Waals surface area contributed by atoms with Gasteiger partial charge in [0.2, 0.25) is 17.3 Å². The molecule has 3 amide bonds. The van der Waals surface area contributed by atoms with Gasteiger partial charge in [0.15, 0.2) is 22.3 Å². The lowest BCUT2D eigenvalue weighted by molar-refractivity contribution is -0.161. The smallest absolute Gasteiger partial charge is 0.504 e. The van der Waals surface area contributed by atoms with Crippen molar-refractivity contribution in [1.29, 1.82) is 0 Å². The molecule has 1 unspecified atom stereocenters. The maximum atomic E-state index is 13.3. The first-order valence-corrected chi connectivity index (χ1v) is 16.4. The minimum absolute atomic E-state index is 0.0226. The zero-order valence-corrected chi connectivity index (χ0v) is 28.0. The molecule has 8 N–H and O–H groups in total. The number of carboxylic acid groups (broad SMARTS) is 2. The lowest BCUT2D eigenvalue weighted by Gasteiger charge is -2.49. The molecule has 21 heteroatoms. The fraction of sp³-hybridized carbons (Fsp3) is 0.233. The average Bonchev–Trinajstić information content (AvgIpc) is 3.52. The molecule has 0 saturated carbocycles. The van der Waals surface area contributed by atoms with Gasteiger partial charge in [0.05, 0.1) is 5.56 Å².